The fourth-order valence-corrected chi connectivity index (χ4v) is 2.04. The number of carbonyl (C=O) groups is 2. The quantitative estimate of drug-likeness (QED) is 0.720. The molecule has 4 heteroatoms. The Labute approximate surface area is 96.4 Å². The van der Waals surface area contributed by atoms with Crippen molar-refractivity contribution >= 4 is 11.9 Å². The fourth-order valence-electron chi connectivity index (χ4n) is 2.04. The predicted octanol–water partition coefficient (Wildman–Crippen LogP) is 2.08. The minimum atomic E-state index is -0.912. The number of carboxylic acid groups (broad SMARTS) is 1. The first-order valence-corrected chi connectivity index (χ1v) is 6.22. The van der Waals surface area contributed by atoms with Gasteiger partial charge in [-0.3, -0.25) is 4.79 Å². The number of hydrogen-bond acceptors (Lipinski definition) is 2. The van der Waals surface area contributed by atoms with Gasteiger partial charge in [0.1, 0.15) is 6.04 Å². The zero-order valence-electron chi connectivity index (χ0n) is 9.71. The van der Waals surface area contributed by atoms with Gasteiger partial charge in [0.25, 0.3) is 0 Å². The molecule has 0 aliphatic carbocycles. The number of amides is 1. The largest absolute Gasteiger partial charge is 0.480 e. The maximum atomic E-state index is 11.4. The molecule has 0 aromatic rings. The number of carbonyl (C=O) groups excluding carboxylic acids is 1. The molecule has 1 unspecified atom stereocenters. The summed E-state index contributed by atoms with van der Waals surface area (Å²) in [5.74, 6) is -1.03. The van der Waals surface area contributed by atoms with E-state index in [2.05, 4.69) is 5.32 Å². The van der Waals surface area contributed by atoms with Gasteiger partial charge >= 0.3 is 5.97 Å². The summed E-state index contributed by atoms with van der Waals surface area (Å²) >= 11 is 0. The van der Waals surface area contributed by atoms with Gasteiger partial charge in [0.05, 0.1) is 0 Å². The van der Waals surface area contributed by atoms with Crippen molar-refractivity contribution in [2.75, 3.05) is 0 Å². The van der Waals surface area contributed by atoms with Crippen LogP contribution in [0.25, 0.3) is 0 Å². The Morgan fingerprint density at radius 1 is 1.06 bits per heavy atom. The molecule has 16 heavy (non-hydrogen) atoms. The van der Waals surface area contributed by atoms with E-state index in [4.69, 9.17) is 5.11 Å². The normalized spacial score (nSPS) is 25.0. The summed E-state index contributed by atoms with van der Waals surface area (Å²) in [5.41, 5.74) is 0. The second-order valence-corrected chi connectivity index (χ2v) is 4.47. The molecule has 1 heterocycles. The van der Waals surface area contributed by atoms with Crippen molar-refractivity contribution in [1.29, 1.82) is 0 Å². The predicted molar refractivity (Wildman–Crippen MR) is 61.1 cm³/mol. The van der Waals surface area contributed by atoms with E-state index < -0.39 is 12.0 Å². The average molecular weight is 227 g/mol. The van der Waals surface area contributed by atoms with E-state index in [1.165, 1.54) is 19.3 Å². The van der Waals surface area contributed by atoms with E-state index in [1.807, 2.05) is 0 Å². The second kappa shape index (κ2) is 7.25. The maximum Gasteiger partial charge on any atom is 0.326 e. The molecule has 0 radical (unpaired) electrons. The molecule has 4 nitrogen and oxygen atoms in total. The molecule has 0 spiro atoms. The average Bonchev–Trinajstić information content (AvgIpc) is 2.22. The zero-order valence-corrected chi connectivity index (χ0v) is 9.71. The number of hydrogen-bond donors (Lipinski definition) is 2. The number of nitrogens with one attached hydrogen (secondary N) is 1. The van der Waals surface area contributed by atoms with Crippen LogP contribution in [0.1, 0.15) is 57.8 Å². The van der Waals surface area contributed by atoms with Crippen LogP contribution in [0, 0.1) is 0 Å². The van der Waals surface area contributed by atoms with Gasteiger partial charge in [0, 0.05) is 6.42 Å². The Balaban J connectivity index is 2.44. The molecule has 0 aromatic heterocycles. The van der Waals surface area contributed by atoms with Crippen LogP contribution in [0.4, 0.5) is 0 Å². The Kier molecular flexibility index (Phi) is 5.90. The monoisotopic (exact) mass is 227 g/mol. The third-order valence-electron chi connectivity index (χ3n) is 3.03. The summed E-state index contributed by atoms with van der Waals surface area (Å²) in [4.78, 5) is 22.3. The van der Waals surface area contributed by atoms with Crippen molar-refractivity contribution in [3.05, 3.63) is 0 Å². The highest BCUT2D eigenvalue weighted by molar-refractivity contribution is 5.83. The third kappa shape index (κ3) is 5.14. The van der Waals surface area contributed by atoms with Crippen LogP contribution in [-0.4, -0.2) is 23.0 Å². The molecule has 1 atom stereocenters. The summed E-state index contributed by atoms with van der Waals surface area (Å²) in [5, 5.41) is 11.5. The maximum absolute atomic E-state index is 11.4. The van der Waals surface area contributed by atoms with Gasteiger partial charge in [-0.15, -0.1) is 0 Å². The Bertz CT molecular complexity index is 240. The molecule has 92 valence electrons. The van der Waals surface area contributed by atoms with Crippen molar-refractivity contribution in [3.8, 4) is 0 Å². The number of carboxylic acids is 1. The lowest BCUT2D eigenvalue weighted by atomic mass is 10.0. The van der Waals surface area contributed by atoms with Crippen molar-refractivity contribution < 1.29 is 14.7 Å². The second-order valence-electron chi connectivity index (χ2n) is 4.47. The molecular formula is C12H21NO3. The summed E-state index contributed by atoms with van der Waals surface area (Å²) in [6.07, 6.45) is 8.50. The van der Waals surface area contributed by atoms with Crippen molar-refractivity contribution in [2.45, 2.75) is 63.8 Å². The standard InChI is InChI=1S/C12H21NO3/c14-11-9-7-5-3-1-2-4-6-8-10(13-11)12(15)16/h10H,1-9H2,(H,13,14)(H,15,16). The van der Waals surface area contributed by atoms with E-state index in [-0.39, 0.29) is 5.91 Å². The molecule has 0 aromatic carbocycles. The summed E-state index contributed by atoms with van der Waals surface area (Å²) < 4.78 is 0. The van der Waals surface area contributed by atoms with Crippen LogP contribution in [0.15, 0.2) is 0 Å². The van der Waals surface area contributed by atoms with Gasteiger partial charge in [0.2, 0.25) is 5.91 Å². The zero-order chi connectivity index (χ0) is 11.8. The van der Waals surface area contributed by atoms with Gasteiger partial charge < -0.3 is 10.4 Å². The van der Waals surface area contributed by atoms with E-state index in [9.17, 15) is 9.59 Å². The highest BCUT2D eigenvalue weighted by atomic mass is 16.4. The Morgan fingerprint density at radius 2 is 1.62 bits per heavy atom. The first-order chi connectivity index (χ1) is 7.70. The van der Waals surface area contributed by atoms with E-state index >= 15 is 0 Å². The first kappa shape index (κ1) is 13.0. The summed E-state index contributed by atoms with van der Waals surface area (Å²) in [7, 11) is 0. The third-order valence-corrected chi connectivity index (χ3v) is 3.03. The highest BCUT2D eigenvalue weighted by Gasteiger charge is 2.19. The molecular weight excluding hydrogens is 206 g/mol. The molecule has 1 amide bonds. The molecule has 1 aliphatic rings. The molecule has 1 rings (SSSR count). The lowest BCUT2D eigenvalue weighted by molar-refractivity contribution is -0.142. The minimum Gasteiger partial charge on any atom is -0.480 e. The first-order valence-electron chi connectivity index (χ1n) is 6.22. The van der Waals surface area contributed by atoms with Gasteiger partial charge in [-0.1, -0.05) is 38.5 Å². The molecule has 0 saturated carbocycles. The van der Waals surface area contributed by atoms with E-state index in [0.29, 0.717) is 12.8 Å². The van der Waals surface area contributed by atoms with Crippen LogP contribution >= 0.6 is 0 Å². The smallest absolute Gasteiger partial charge is 0.326 e. The van der Waals surface area contributed by atoms with Crippen molar-refractivity contribution in [1.82, 2.24) is 5.32 Å². The summed E-state index contributed by atoms with van der Waals surface area (Å²) in [6.45, 7) is 0. The Morgan fingerprint density at radius 3 is 2.25 bits per heavy atom. The van der Waals surface area contributed by atoms with Crippen LogP contribution in [-0.2, 0) is 9.59 Å². The van der Waals surface area contributed by atoms with E-state index in [0.717, 1.165) is 25.7 Å². The molecule has 2 N–H and O–H groups in total. The Hall–Kier alpha value is -1.06. The van der Waals surface area contributed by atoms with Crippen LogP contribution in [0.3, 0.4) is 0 Å². The fraction of sp³-hybridized carbons (Fsp3) is 0.833. The van der Waals surface area contributed by atoms with Gasteiger partial charge in [-0.25, -0.2) is 4.79 Å². The van der Waals surface area contributed by atoms with Crippen LogP contribution in [0.2, 0.25) is 0 Å². The van der Waals surface area contributed by atoms with Crippen molar-refractivity contribution in [3.63, 3.8) is 0 Å². The summed E-state index contributed by atoms with van der Waals surface area (Å²) in [6, 6.07) is -0.688. The van der Waals surface area contributed by atoms with Gasteiger partial charge in [-0.2, -0.15) is 0 Å². The number of rotatable bonds is 1. The number of aliphatic carboxylic acids is 1. The molecule has 0 bridgehead atoms. The molecule has 1 fully saturated rings. The SMILES string of the molecule is O=C1CCCCCCCCCC(C(=O)O)N1. The lowest BCUT2D eigenvalue weighted by Gasteiger charge is -2.15. The molecule has 1 saturated heterocycles. The minimum absolute atomic E-state index is 0.118. The van der Waals surface area contributed by atoms with Crippen molar-refractivity contribution in [2.24, 2.45) is 0 Å². The topological polar surface area (TPSA) is 66.4 Å². The van der Waals surface area contributed by atoms with Crippen LogP contribution in [0.5, 0.6) is 0 Å². The van der Waals surface area contributed by atoms with Gasteiger partial charge in [0.15, 0.2) is 0 Å². The van der Waals surface area contributed by atoms with Crippen LogP contribution < -0.4 is 5.32 Å². The molecule has 1 aliphatic heterocycles. The highest BCUT2D eigenvalue weighted by Crippen LogP contribution is 2.12. The van der Waals surface area contributed by atoms with Gasteiger partial charge in [-0.05, 0) is 12.8 Å². The lowest BCUT2D eigenvalue weighted by Crippen LogP contribution is -2.40. The van der Waals surface area contributed by atoms with E-state index in [1.54, 1.807) is 0 Å².